The summed E-state index contributed by atoms with van der Waals surface area (Å²) in [4.78, 5) is 1.97. The number of anilines is 2. The van der Waals surface area contributed by atoms with Gasteiger partial charge in [0, 0.05) is 19.3 Å². The highest BCUT2D eigenvalue weighted by Gasteiger charge is 2.26. The molecule has 0 bridgehead atoms. The molecule has 1 aromatic heterocycles. The second-order valence-corrected chi connectivity index (χ2v) is 7.76. The van der Waals surface area contributed by atoms with Crippen LogP contribution >= 0.6 is 0 Å². The van der Waals surface area contributed by atoms with Crippen molar-refractivity contribution in [2.75, 3.05) is 22.7 Å². The van der Waals surface area contributed by atoms with E-state index in [1.54, 1.807) is 10.8 Å². The normalized spacial score (nSPS) is 15.7. The number of nitrogens with one attached hydrogen (secondary N) is 1. The topological polar surface area (TPSA) is 91.0 Å². The third-order valence-corrected chi connectivity index (χ3v) is 5.34. The summed E-state index contributed by atoms with van der Waals surface area (Å²) in [5.41, 5.74) is 0.891. The van der Waals surface area contributed by atoms with Gasteiger partial charge in [-0.1, -0.05) is 0 Å². The standard InChI is InChI=1S/C16H16F3N5O2S/c17-12-1-2-15(11(7-12)8-20)23-5-3-14(4-6-23)24-10-13(9-21-24)22-27(25,26)16(18)19/h1-2,7,9-10,14,16,22H,3-6H2. The molecular weight excluding hydrogens is 383 g/mol. The first-order valence-electron chi connectivity index (χ1n) is 8.08. The Hall–Kier alpha value is -2.74. The Kier molecular flexibility index (Phi) is 5.27. The summed E-state index contributed by atoms with van der Waals surface area (Å²) in [6.45, 7) is 1.17. The first-order valence-corrected chi connectivity index (χ1v) is 9.63. The highest BCUT2D eigenvalue weighted by atomic mass is 32.2. The highest BCUT2D eigenvalue weighted by Crippen LogP contribution is 2.29. The average Bonchev–Trinajstić information content (AvgIpc) is 3.09. The number of hydrogen-bond acceptors (Lipinski definition) is 5. The van der Waals surface area contributed by atoms with Crippen LogP contribution in [0.25, 0.3) is 0 Å². The largest absolute Gasteiger partial charge is 0.370 e. The fourth-order valence-corrected chi connectivity index (χ4v) is 3.57. The number of halogens is 3. The summed E-state index contributed by atoms with van der Waals surface area (Å²) < 4.78 is 63.9. The van der Waals surface area contributed by atoms with Crippen LogP contribution in [0.15, 0.2) is 30.6 Å². The number of benzene rings is 1. The van der Waals surface area contributed by atoms with Crippen LogP contribution in [0.3, 0.4) is 0 Å². The van der Waals surface area contributed by atoms with Gasteiger partial charge in [0.2, 0.25) is 0 Å². The van der Waals surface area contributed by atoms with Crippen molar-refractivity contribution in [1.29, 1.82) is 5.26 Å². The molecular formula is C16H16F3N5O2S. The maximum Gasteiger partial charge on any atom is 0.355 e. The molecule has 1 aliphatic rings. The zero-order valence-corrected chi connectivity index (χ0v) is 14.8. The van der Waals surface area contributed by atoms with Crippen LogP contribution in [0.2, 0.25) is 0 Å². The third kappa shape index (κ3) is 4.16. The molecule has 0 amide bonds. The SMILES string of the molecule is N#Cc1cc(F)ccc1N1CCC(n2cc(NS(=O)(=O)C(F)F)cn2)CC1. The Morgan fingerprint density at radius 3 is 2.63 bits per heavy atom. The van der Waals surface area contributed by atoms with E-state index >= 15 is 0 Å². The molecule has 0 spiro atoms. The highest BCUT2D eigenvalue weighted by molar-refractivity contribution is 7.93. The van der Waals surface area contributed by atoms with Crippen LogP contribution in [0.5, 0.6) is 0 Å². The second kappa shape index (κ2) is 7.48. The number of nitriles is 1. The second-order valence-electron chi connectivity index (χ2n) is 6.11. The zero-order valence-electron chi connectivity index (χ0n) is 14.0. The van der Waals surface area contributed by atoms with E-state index in [0.29, 0.717) is 31.6 Å². The minimum atomic E-state index is -4.73. The molecule has 3 rings (SSSR count). The van der Waals surface area contributed by atoms with Crippen molar-refractivity contribution in [1.82, 2.24) is 9.78 Å². The molecule has 1 saturated heterocycles. The lowest BCUT2D eigenvalue weighted by Crippen LogP contribution is -2.35. The summed E-state index contributed by atoms with van der Waals surface area (Å²) in [6.07, 6.45) is 3.84. The summed E-state index contributed by atoms with van der Waals surface area (Å²) >= 11 is 0. The van der Waals surface area contributed by atoms with Crippen molar-refractivity contribution in [3.8, 4) is 6.07 Å². The van der Waals surface area contributed by atoms with Gasteiger partial charge < -0.3 is 4.90 Å². The minimum Gasteiger partial charge on any atom is -0.370 e. The van der Waals surface area contributed by atoms with Gasteiger partial charge in [-0.25, -0.2) is 12.8 Å². The molecule has 11 heteroatoms. The van der Waals surface area contributed by atoms with Gasteiger partial charge >= 0.3 is 5.76 Å². The van der Waals surface area contributed by atoms with E-state index in [2.05, 4.69) is 5.10 Å². The van der Waals surface area contributed by atoms with Crippen molar-refractivity contribution in [3.05, 3.63) is 42.0 Å². The molecule has 1 aromatic carbocycles. The molecule has 0 aliphatic carbocycles. The predicted octanol–water partition coefficient (Wildman–Crippen LogP) is 2.70. The molecule has 1 aliphatic heterocycles. The van der Waals surface area contributed by atoms with Crippen LogP contribution in [0, 0.1) is 17.1 Å². The maximum atomic E-state index is 13.3. The maximum absolute atomic E-state index is 13.3. The van der Waals surface area contributed by atoms with Crippen LogP contribution < -0.4 is 9.62 Å². The van der Waals surface area contributed by atoms with Gasteiger partial charge in [0.1, 0.15) is 11.9 Å². The quantitative estimate of drug-likeness (QED) is 0.835. The number of aromatic nitrogens is 2. The van der Waals surface area contributed by atoms with Crippen molar-refractivity contribution < 1.29 is 21.6 Å². The van der Waals surface area contributed by atoms with Gasteiger partial charge in [0.05, 0.1) is 29.2 Å². The van der Waals surface area contributed by atoms with Gasteiger partial charge in [-0.3, -0.25) is 9.40 Å². The van der Waals surface area contributed by atoms with Crippen molar-refractivity contribution in [3.63, 3.8) is 0 Å². The van der Waals surface area contributed by atoms with E-state index in [4.69, 9.17) is 0 Å². The van der Waals surface area contributed by atoms with Gasteiger partial charge in [0.15, 0.2) is 0 Å². The van der Waals surface area contributed by atoms with Crippen LogP contribution in [-0.4, -0.2) is 37.0 Å². The summed E-state index contributed by atoms with van der Waals surface area (Å²) in [5, 5.41) is 13.2. The first kappa shape index (κ1) is 19.0. The Bertz CT molecular complexity index is 963. The van der Waals surface area contributed by atoms with Crippen LogP contribution in [-0.2, 0) is 10.0 Å². The Morgan fingerprint density at radius 2 is 2.00 bits per heavy atom. The molecule has 2 heterocycles. The van der Waals surface area contributed by atoms with E-state index in [9.17, 15) is 26.9 Å². The van der Waals surface area contributed by atoms with E-state index in [1.165, 1.54) is 29.2 Å². The number of nitrogens with zero attached hydrogens (tertiary/aromatic N) is 4. The van der Waals surface area contributed by atoms with Gasteiger partial charge in [-0.05, 0) is 31.0 Å². The lowest BCUT2D eigenvalue weighted by atomic mass is 10.0. The molecule has 7 nitrogen and oxygen atoms in total. The van der Waals surface area contributed by atoms with Gasteiger partial charge in [0.25, 0.3) is 10.0 Å². The Labute approximate surface area is 154 Å². The number of rotatable bonds is 5. The summed E-state index contributed by atoms with van der Waals surface area (Å²) in [6, 6.07) is 6.00. The number of hydrogen-bond donors (Lipinski definition) is 1. The molecule has 144 valence electrons. The summed E-state index contributed by atoms with van der Waals surface area (Å²) in [5.74, 6) is -3.99. The van der Waals surface area contributed by atoms with E-state index in [0.717, 1.165) is 0 Å². The third-order valence-electron chi connectivity index (χ3n) is 4.35. The fraction of sp³-hybridized carbons (Fsp3) is 0.375. The van der Waals surface area contributed by atoms with Gasteiger partial charge in [-0.15, -0.1) is 0 Å². The summed E-state index contributed by atoms with van der Waals surface area (Å²) in [7, 11) is -4.73. The van der Waals surface area contributed by atoms with Crippen molar-refractivity contribution in [2.45, 2.75) is 24.6 Å². The van der Waals surface area contributed by atoms with Crippen LogP contribution in [0.1, 0.15) is 24.4 Å². The zero-order chi connectivity index (χ0) is 19.6. The molecule has 0 unspecified atom stereocenters. The molecule has 1 N–H and O–H groups in total. The van der Waals surface area contributed by atoms with E-state index in [-0.39, 0.29) is 17.3 Å². The molecule has 0 saturated carbocycles. The number of piperidine rings is 1. The molecule has 2 aromatic rings. The lowest BCUT2D eigenvalue weighted by molar-refractivity contribution is 0.236. The molecule has 0 radical (unpaired) electrons. The van der Waals surface area contributed by atoms with E-state index in [1.807, 2.05) is 11.0 Å². The molecule has 0 atom stereocenters. The van der Waals surface area contributed by atoms with Gasteiger partial charge in [-0.2, -0.15) is 19.1 Å². The minimum absolute atomic E-state index is 0.0250. The van der Waals surface area contributed by atoms with Crippen molar-refractivity contribution in [2.24, 2.45) is 0 Å². The monoisotopic (exact) mass is 399 g/mol. The Balaban J connectivity index is 1.66. The number of alkyl halides is 2. The first-order chi connectivity index (χ1) is 12.8. The molecule has 27 heavy (non-hydrogen) atoms. The predicted molar refractivity (Wildman–Crippen MR) is 92.4 cm³/mol. The fourth-order valence-electron chi connectivity index (χ4n) is 3.04. The average molecular weight is 399 g/mol. The molecule has 1 fully saturated rings. The number of sulfonamides is 1. The van der Waals surface area contributed by atoms with E-state index < -0.39 is 21.6 Å². The van der Waals surface area contributed by atoms with Crippen LogP contribution in [0.4, 0.5) is 24.5 Å². The smallest absolute Gasteiger partial charge is 0.355 e. The van der Waals surface area contributed by atoms with Crippen molar-refractivity contribution >= 4 is 21.4 Å². The Morgan fingerprint density at radius 1 is 1.30 bits per heavy atom. The lowest BCUT2D eigenvalue weighted by Gasteiger charge is -2.34.